The Morgan fingerprint density at radius 3 is 2.69 bits per heavy atom. The summed E-state index contributed by atoms with van der Waals surface area (Å²) >= 11 is 0. The molecule has 1 saturated heterocycles. The third kappa shape index (κ3) is 6.19. The Morgan fingerprint density at radius 2 is 1.94 bits per heavy atom. The van der Waals surface area contributed by atoms with Gasteiger partial charge in [-0.2, -0.15) is 0 Å². The van der Waals surface area contributed by atoms with Crippen LogP contribution in [0.4, 0.5) is 4.39 Å². The third-order valence-corrected chi connectivity index (χ3v) is 7.18. The topological polar surface area (TPSA) is 76.0 Å². The summed E-state index contributed by atoms with van der Waals surface area (Å²) in [6, 6.07) is 16.2. The summed E-state index contributed by atoms with van der Waals surface area (Å²) in [4.78, 5) is 10.7. The van der Waals surface area contributed by atoms with E-state index >= 15 is 0 Å². The molecule has 2 bridgehead atoms. The predicted molar refractivity (Wildman–Crippen MR) is 132 cm³/mol. The molecule has 2 aromatic rings. The zero-order chi connectivity index (χ0) is 24.7. The maximum absolute atomic E-state index is 13.1. The van der Waals surface area contributed by atoms with Crippen molar-refractivity contribution in [3.63, 3.8) is 0 Å². The molecule has 0 unspecified atom stereocenters. The van der Waals surface area contributed by atoms with Gasteiger partial charge in [0.25, 0.3) is 0 Å². The summed E-state index contributed by atoms with van der Waals surface area (Å²) in [5.74, 6) is -0.132. The van der Waals surface area contributed by atoms with Crippen LogP contribution >= 0.6 is 0 Å². The van der Waals surface area contributed by atoms with Crippen LogP contribution in [0.5, 0.6) is 5.75 Å². The lowest BCUT2D eigenvalue weighted by Crippen LogP contribution is -2.39. The lowest BCUT2D eigenvalue weighted by Gasteiger charge is -2.38. The monoisotopic (exact) mass is 480 g/mol. The first-order chi connectivity index (χ1) is 17.0. The summed E-state index contributed by atoms with van der Waals surface area (Å²) in [6.07, 6.45) is 10.8. The van der Waals surface area contributed by atoms with E-state index in [1.807, 2.05) is 6.07 Å². The summed E-state index contributed by atoms with van der Waals surface area (Å²) in [6.45, 7) is 0.762. The average Bonchev–Trinajstić information content (AvgIpc) is 3.43. The average molecular weight is 481 g/mol. The molecule has 1 saturated carbocycles. The van der Waals surface area contributed by atoms with E-state index in [1.54, 1.807) is 6.08 Å². The second kappa shape index (κ2) is 11.6. The number of ether oxygens (including phenoxy) is 2. The largest absolute Gasteiger partial charge is 0.491 e. The standard InChI is InChI=1S/C29H33FO5/c30-22-12-15-24(16-13-22)34-19-23(31)14-17-25-26(10-6-1-2-7-11-28(32)33)29(18-27(25)35-20-29)21-8-4-3-5-9-21/h1,3-6,8-9,12-17,23,25-27,31H,2,7,10-11,18-20H2,(H,32,33)/b6-1-,17-14+/t23-,25+,26+,27+,29+/m1/s1. The number of aliphatic carboxylic acids is 1. The number of rotatable bonds is 12. The fourth-order valence-electron chi connectivity index (χ4n) is 5.45. The van der Waals surface area contributed by atoms with Gasteiger partial charge in [-0.25, -0.2) is 4.39 Å². The zero-order valence-corrected chi connectivity index (χ0v) is 19.8. The highest BCUT2D eigenvalue weighted by Crippen LogP contribution is 2.57. The number of aliphatic hydroxyl groups excluding tert-OH is 1. The van der Waals surface area contributed by atoms with Gasteiger partial charge in [-0.15, -0.1) is 0 Å². The van der Waals surface area contributed by atoms with Crippen LogP contribution in [0.1, 0.15) is 37.7 Å². The molecule has 0 aromatic heterocycles. The lowest BCUT2D eigenvalue weighted by atomic mass is 9.69. The van der Waals surface area contributed by atoms with E-state index in [9.17, 15) is 14.3 Å². The Labute approximate surface area is 205 Å². The van der Waals surface area contributed by atoms with Crippen LogP contribution in [0.3, 0.4) is 0 Å². The number of carbonyl (C=O) groups is 1. The van der Waals surface area contributed by atoms with Gasteiger partial charge in [0.15, 0.2) is 0 Å². The number of halogens is 1. The molecule has 6 heteroatoms. The number of allylic oxidation sites excluding steroid dienone is 2. The van der Waals surface area contributed by atoms with Gasteiger partial charge in [-0.1, -0.05) is 54.6 Å². The van der Waals surface area contributed by atoms with Crippen LogP contribution in [0.2, 0.25) is 0 Å². The van der Waals surface area contributed by atoms with Crippen molar-refractivity contribution in [2.24, 2.45) is 11.8 Å². The van der Waals surface area contributed by atoms with Crippen molar-refractivity contribution in [2.75, 3.05) is 13.2 Å². The lowest BCUT2D eigenvalue weighted by molar-refractivity contribution is -0.137. The highest BCUT2D eigenvalue weighted by molar-refractivity contribution is 5.66. The first-order valence-corrected chi connectivity index (χ1v) is 12.3. The number of aliphatic hydroxyl groups is 1. The van der Waals surface area contributed by atoms with E-state index < -0.39 is 12.1 Å². The fraction of sp³-hybridized carbons (Fsp3) is 0.414. The highest BCUT2D eigenvalue weighted by atomic mass is 19.1. The SMILES string of the molecule is O=C(O)CCC/C=C\C[C@H]1[C@H](/C=C/[C@@H](O)COc2ccc(F)cc2)[C@@H]2C[C@@]1(c1ccccc1)CO2. The molecule has 2 aromatic carbocycles. The van der Waals surface area contributed by atoms with Gasteiger partial charge in [-0.05, 0) is 61.4 Å². The summed E-state index contributed by atoms with van der Waals surface area (Å²) in [7, 11) is 0. The number of fused-ring (bicyclic) bond motifs is 2. The number of carboxylic acids is 1. The molecule has 1 aliphatic carbocycles. The minimum atomic E-state index is -0.793. The van der Waals surface area contributed by atoms with Gasteiger partial charge in [0, 0.05) is 17.8 Å². The van der Waals surface area contributed by atoms with Crippen molar-refractivity contribution in [2.45, 2.75) is 49.7 Å². The first-order valence-electron chi connectivity index (χ1n) is 12.3. The molecule has 2 N–H and O–H groups in total. The Morgan fingerprint density at radius 1 is 1.17 bits per heavy atom. The van der Waals surface area contributed by atoms with Gasteiger partial charge in [-0.3, -0.25) is 4.79 Å². The van der Waals surface area contributed by atoms with E-state index in [2.05, 4.69) is 42.5 Å². The molecule has 2 fully saturated rings. The van der Waals surface area contributed by atoms with Crippen molar-refractivity contribution in [1.82, 2.24) is 0 Å². The van der Waals surface area contributed by atoms with E-state index in [-0.39, 0.29) is 36.3 Å². The van der Waals surface area contributed by atoms with Gasteiger partial charge >= 0.3 is 5.97 Å². The molecule has 5 atom stereocenters. The Hall–Kier alpha value is -2.96. The number of unbranched alkanes of at least 4 members (excludes halogenated alkanes) is 1. The van der Waals surface area contributed by atoms with E-state index in [4.69, 9.17) is 14.6 Å². The van der Waals surface area contributed by atoms with Crippen LogP contribution in [0, 0.1) is 17.7 Å². The van der Waals surface area contributed by atoms with Crippen LogP contribution in [0.15, 0.2) is 78.9 Å². The minimum absolute atomic E-state index is 0.0814. The van der Waals surface area contributed by atoms with Crippen LogP contribution < -0.4 is 4.74 Å². The third-order valence-electron chi connectivity index (χ3n) is 7.18. The molecule has 4 rings (SSSR count). The van der Waals surface area contributed by atoms with E-state index in [0.717, 1.165) is 19.3 Å². The van der Waals surface area contributed by atoms with Crippen molar-refractivity contribution in [1.29, 1.82) is 0 Å². The smallest absolute Gasteiger partial charge is 0.303 e. The summed E-state index contributed by atoms with van der Waals surface area (Å²) in [5, 5.41) is 19.3. The Balaban J connectivity index is 1.43. The number of hydrogen-bond donors (Lipinski definition) is 2. The number of hydrogen-bond acceptors (Lipinski definition) is 4. The molecular formula is C29H33FO5. The molecule has 1 heterocycles. The van der Waals surface area contributed by atoms with Crippen LogP contribution in [-0.2, 0) is 14.9 Å². The minimum Gasteiger partial charge on any atom is -0.491 e. The van der Waals surface area contributed by atoms with E-state index in [1.165, 1.54) is 29.8 Å². The Kier molecular flexibility index (Phi) is 8.37. The molecule has 0 amide bonds. The van der Waals surface area contributed by atoms with Crippen LogP contribution in [0.25, 0.3) is 0 Å². The second-order valence-corrected chi connectivity index (χ2v) is 9.47. The fourth-order valence-corrected chi connectivity index (χ4v) is 5.45. The predicted octanol–water partition coefficient (Wildman–Crippen LogP) is 5.30. The molecule has 5 nitrogen and oxygen atoms in total. The molecule has 1 aliphatic heterocycles. The molecule has 186 valence electrons. The first kappa shape index (κ1) is 25.1. The van der Waals surface area contributed by atoms with Gasteiger partial charge < -0.3 is 19.7 Å². The van der Waals surface area contributed by atoms with Crippen molar-refractivity contribution in [3.05, 3.63) is 90.3 Å². The van der Waals surface area contributed by atoms with Crippen molar-refractivity contribution < 1.29 is 28.9 Å². The molecule has 0 spiro atoms. The van der Waals surface area contributed by atoms with Gasteiger partial charge in [0.2, 0.25) is 0 Å². The van der Waals surface area contributed by atoms with Crippen molar-refractivity contribution in [3.8, 4) is 5.75 Å². The van der Waals surface area contributed by atoms with Crippen LogP contribution in [-0.4, -0.2) is 41.6 Å². The quantitative estimate of drug-likeness (QED) is 0.319. The van der Waals surface area contributed by atoms with Gasteiger partial charge in [0.05, 0.1) is 12.7 Å². The molecule has 35 heavy (non-hydrogen) atoms. The maximum Gasteiger partial charge on any atom is 0.303 e. The number of benzene rings is 2. The van der Waals surface area contributed by atoms with E-state index in [0.29, 0.717) is 24.7 Å². The van der Waals surface area contributed by atoms with Crippen molar-refractivity contribution >= 4 is 5.97 Å². The van der Waals surface area contributed by atoms with Gasteiger partial charge in [0.1, 0.15) is 24.3 Å². The molecular weight excluding hydrogens is 447 g/mol. The Bertz CT molecular complexity index is 1020. The second-order valence-electron chi connectivity index (χ2n) is 9.47. The normalized spacial score (nSPS) is 26.5. The maximum atomic E-state index is 13.1. The summed E-state index contributed by atoms with van der Waals surface area (Å²) < 4.78 is 24.9. The number of carboxylic acid groups (broad SMARTS) is 1. The highest BCUT2D eigenvalue weighted by Gasteiger charge is 2.58. The molecule has 2 aliphatic rings. The zero-order valence-electron chi connectivity index (χ0n) is 19.8. The summed E-state index contributed by atoms with van der Waals surface area (Å²) in [5.41, 5.74) is 1.20. The molecule has 0 radical (unpaired) electrons.